The SMILES string of the molecule is CC(=O)c1ccc(OC/C=C/Cl)cc1F. The van der Waals surface area contributed by atoms with Crippen LogP contribution in [0.1, 0.15) is 17.3 Å². The quantitative estimate of drug-likeness (QED) is 0.740. The van der Waals surface area contributed by atoms with Crippen molar-refractivity contribution in [2.75, 3.05) is 6.61 Å². The lowest BCUT2D eigenvalue weighted by Gasteiger charge is -2.04. The standard InChI is InChI=1S/C11H10ClFO2/c1-8(14)10-4-3-9(7-11(10)13)15-6-2-5-12/h2-5,7H,6H2,1H3/b5-2+. The Balaban J connectivity index is 2.77. The zero-order valence-corrected chi connectivity index (χ0v) is 8.92. The van der Waals surface area contributed by atoms with Crippen molar-refractivity contribution in [1.29, 1.82) is 0 Å². The van der Waals surface area contributed by atoms with Crippen molar-refractivity contribution in [3.63, 3.8) is 0 Å². The average molecular weight is 229 g/mol. The van der Waals surface area contributed by atoms with Gasteiger partial charge in [-0.05, 0) is 25.1 Å². The summed E-state index contributed by atoms with van der Waals surface area (Å²) in [5.74, 6) is -0.512. The van der Waals surface area contributed by atoms with Crippen LogP contribution in [-0.4, -0.2) is 12.4 Å². The highest BCUT2D eigenvalue weighted by atomic mass is 35.5. The van der Waals surface area contributed by atoms with Gasteiger partial charge in [-0.2, -0.15) is 0 Å². The fraction of sp³-hybridized carbons (Fsp3) is 0.182. The Kier molecular flexibility index (Phi) is 4.31. The maximum atomic E-state index is 13.3. The molecular formula is C11H10ClFO2. The Morgan fingerprint density at radius 1 is 1.60 bits per heavy atom. The van der Waals surface area contributed by atoms with Crippen molar-refractivity contribution in [2.45, 2.75) is 6.92 Å². The zero-order valence-electron chi connectivity index (χ0n) is 8.17. The van der Waals surface area contributed by atoms with Crippen LogP contribution in [0.3, 0.4) is 0 Å². The van der Waals surface area contributed by atoms with Crippen molar-refractivity contribution in [3.8, 4) is 5.75 Å². The highest BCUT2D eigenvalue weighted by Gasteiger charge is 2.07. The number of rotatable bonds is 4. The van der Waals surface area contributed by atoms with Crippen LogP contribution in [0.15, 0.2) is 29.8 Å². The Hall–Kier alpha value is -1.35. The number of hydrogen-bond donors (Lipinski definition) is 0. The van der Waals surface area contributed by atoms with Gasteiger partial charge in [0.2, 0.25) is 0 Å². The number of carbonyl (C=O) groups is 1. The molecule has 0 N–H and O–H groups in total. The van der Waals surface area contributed by atoms with Gasteiger partial charge in [0.15, 0.2) is 5.78 Å². The molecule has 0 atom stereocenters. The lowest BCUT2D eigenvalue weighted by molar-refractivity contribution is 0.101. The van der Waals surface area contributed by atoms with Gasteiger partial charge in [-0.1, -0.05) is 11.6 Å². The average Bonchev–Trinajstić information content (AvgIpc) is 2.17. The third kappa shape index (κ3) is 3.36. The Morgan fingerprint density at radius 2 is 2.33 bits per heavy atom. The molecule has 0 aliphatic carbocycles. The molecule has 0 aromatic heterocycles. The Morgan fingerprint density at radius 3 is 2.87 bits per heavy atom. The van der Waals surface area contributed by atoms with E-state index in [0.717, 1.165) is 0 Å². The molecule has 0 saturated carbocycles. The van der Waals surface area contributed by atoms with E-state index in [1.807, 2.05) is 0 Å². The summed E-state index contributed by atoms with van der Waals surface area (Å²) in [7, 11) is 0. The van der Waals surface area contributed by atoms with Crippen LogP contribution in [0.4, 0.5) is 4.39 Å². The van der Waals surface area contributed by atoms with Crippen LogP contribution < -0.4 is 4.74 Å². The molecule has 15 heavy (non-hydrogen) atoms. The van der Waals surface area contributed by atoms with Crippen LogP contribution in [0.25, 0.3) is 0 Å². The fourth-order valence-electron chi connectivity index (χ4n) is 1.05. The van der Waals surface area contributed by atoms with Gasteiger partial charge >= 0.3 is 0 Å². The summed E-state index contributed by atoms with van der Waals surface area (Å²) in [6, 6.07) is 4.12. The number of benzene rings is 1. The number of Topliss-reactive ketones (excluding diaryl/α,β-unsaturated/α-hetero) is 1. The molecule has 1 aromatic carbocycles. The molecule has 0 heterocycles. The first-order valence-electron chi connectivity index (χ1n) is 4.33. The number of ketones is 1. The molecule has 0 saturated heterocycles. The second kappa shape index (κ2) is 5.51. The minimum atomic E-state index is -0.574. The van der Waals surface area contributed by atoms with Gasteiger partial charge in [-0.3, -0.25) is 4.79 Å². The van der Waals surface area contributed by atoms with Crippen molar-refractivity contribution in [2.24, 2.45) is 0 Å². The van der Waals surface area contributed by atoms with Gasteiger partial charge in [0.25, 0.3) is 0 Å². The third-order valence-corrected chi connectivity index (χ3v) is 1.93. The zero-order chi connectivity index (χ0) is 11.3. The van der Waals surface area contributed by atoms with Gasteiger partial charge < -0.3 is 4.74 Å². The smallest absolute Gasteiger partial charge is 0.162 e. The van der Waals surface area contributed by atoms with Gasteiger partial charge in [-0.25, -0.2) is 4.39 Å². The molecule has 0 fully saturated rings. The topological polar surface area (TPSA) is 26.3 Å². The first-order valence-corrected chi connectivity index (χ1v) is 4.77. The van der Waals surface area contributed by atoms with E-state index in [1.165, 1.54) is 24.6 Å². The first-order chi connectivity index (χ1) is 7.15. The second-order valence-electron chi connectivity index (χ2n) is 2.87. The molecule has 0 radical (unpaired) electrons. The monoisotopic (exact) mass is 228 g/mol. The predicted octanol–water partition coefficient (Wildman–Crippen LogP) is 3.16. The number of hydrogen-bond acceptors (Lipinski definition) is 2. The maximum absolute atomic E-state index is 13.3. The van der Waals surface area contributed by atoms with E-state index in [9.17, 15) is 9.18 Å². The van der Waals surface area contributed by atoms with E-state index in [-0.39, 0.29) is 18.0 Å². The summed E-state index contributed by atoms with van der Waals surface area (Å²) in [5.41, 5.74) is 1.38. The molecule has 1 aromatic rings. The van der Waals surface area contributed by atoms with E-state index in [4.69, 9.17) is 16.3 Å². The molecular weight excluding hydrogens is 219 g/mol. The maximum Gasteiger partial charge on any atom is 0.162 e. The van der Waals surface area contributed by atoms with Gasteiger partial charge in [-0.15, -0.1) is 0 Å². The molecule has 0 aliphatic heterocycles. The molecule has 80 valence electrons. The summed E-state index contributed by atoms with van der Waals surface area (Å²) in [4.78, 5) is 10.9. The molecule has 0 bridgehead atoms. The minimum Gasteiger partial charge on any atom is -0.489 e. The first kappa shape index (κ1) is 11.7. The van der Waals surface area contributed by atoms with Crippen molar-refractivity contribution >= 4 is 17.4 Å². The van der Waals surface area contributed by atoms with Gasteiger partial charge in [0.05, 0.1) is 5.56 Å². The molecule has 1 rings (SSSR count). The molecule has 4 heteroatoms. The third-order valence-electron chi connectivity index (χ3n) is 1.76. The van der Waals surface area contributed by atoms with E-state index in [1.54, 1.807) is 12.1 Å². The fourth-order valence-corrected chi connectivity index (χ4v) is 1.12. The predicted molar refractivity (Wildman–Crippen MR) is 56.9 cm³/mol. The number of halogens is 2. The highest BCUT2D eigenvalue weighted by molar-refractivity contribution is 6.25. The molecule has 0 spiro atoms. The van der Waals surface area contributed by atoms with E-state index < -0.39 is 5.82 Å². The molecule has 0 amide bonds. The van der Waals surface area contributed by atoms with E-state index in [0.29, 0.717) is 5.75 Å². The molecule has 0 aliphatic rings. The van der Waals surface area contributed by atoms with Crippen LogP contribution in [-0.2, 0) is 0 Å². The summed E-state index contributed by atoms with van der Waals surface area (Å²) in [5, 5.41) is 0. The van der Waals surface area contributed by atoms with E-state index in [2.05, 4.69) is 0 Å². The normalized spacial score (nSPS) is 10.6. The van der Waals surface area contributed by atoms with Crippen molar-refractivity contribution in [1.82, 2.24) is 0 Å². The lowest BCUT2D eigenvalue weighted by atomic mass is 10.1. The number of carbonyl (C=O) groups excluding carboxylic acids is 1. The second-order valence-corrected chi connectivity index (χ2v) is 3.12. The van der Waals surface area contributed by atoms with Crippen molar-refractivity contribution in [3.05, 3.63) is 41.2 Å². The van der Waals surface area contributed by atoms with Crippen LogP contribution in [0.5, 0.6) is 5.75 Å². The van der Waals surface area contributed by atoms with Crippen LogP contribution >= 0.6 is 11.6 Å². The van der Waals surface area contributed by atoms with E-state index >= 15 is 0 Å². The van der Waals surface area contributed by atoms with Gasteiger partial charge in [0.1, 0.15) is 18.2 Å². The minimum absolute atomic E-state index is 0.0650. The van der Waals surface area contributed by atoms with Gasteiger partial charge in [0, 0.05) is 11.6 Å². The highest BCUT2D eigenvalue weighted by Crippen LogP contribution is 2.17. The van der Waals surface area contributed by atoms with Crippen LogP contribution in [0.2, 0.25) is 0 Å². The van der Waals surface area contributed by atoms with Crippen LogP contribution in [0, 0.1) is 5.82 Å². The Labute approximate surface area is 92.3 Å². The number of ether oxygens (including phenoxy) is 1. The Bertz CT molecular complexity index is 388. The summed E-state index contributed by atoms with van der Waals surface area (Å²) in [6.45, 7) is 1.58. The van der Waals surface area contributed by atoms with Crippen molar-refractivity contribution < 1.29 is 13.9 Å². The lowest BCUT2D eigenvalue weighted by Crippen LogP contribution is -1.99. The summed E-state index contributed by atoms with van der Waals surface area (Å²) >= 11 is 5.29. The molecule has 2 nitrogen and oxygen atoms in total. The largest absolute Gasteiger partial charge is 0.489 e. The molecule has 0 unspecified atom stereocenters. The summed E-state index contributed by atoms with van der Waals surface area (Å²) in [6.07, 6.45) is 1.58. The summed E-state index contributed by atoms with van der Waals surface area (Å²) < 4.78 is 18.4.